The van der Waals surface area contributed by atoms with E-state index in [4.69, 9.17) is 15.2 Å². The Labute approximate surface area is 108 Å². The minimum atomic E-state index is -0.364. The second-order valence-corrected chi connectivity index (χ2v) is 5.01. The smallest absolute Gasteiger partial charge is 0.231 e. The van der Waals surface area contributed by atoms with Gasteiger partial charge in [-0.2, -0.15) is 0 Å². The van der Waals surface area contributed by atoms with E-state index in [0.717, 1.165) is 23.5 Å². The van der Waals surface area contributed by atoms with Crippen LogP contribution in [0, 0.1) is 0 Å². The minimum absolute atomic E-state index is 0.354. The minimum Gasteiger partial charge on any atom is -0.490 e. The lowest BCUT2D eigenvalue weighted by Crippen LogP contribution is -2.24. The molecule has 17 heavy (non-hydrogen) atoms. The number of primary amides is 1. The van der Waals surface area contributed by atoms with Crippen molar-refractivity contribution >= 4 is 21.8 Å². The number of rotatable bonds is 3. The highest BCUT2D eigenvalue weighted by Gasteiger charge is 2.15. The van der Waals surface area contributed by atoms with Crippen LogP contribution in [-0.2, 0) is 11.2 Å². The topological polar surface area (TPSA) is 61.6 Å². The van der Waals surface area contributed by atoms with Gasteiger partial charge < -0.3 is 15.2 Å². The van der Waals surface area contributed by atoms with Gasteiger partial charge in [-0.3, -0.25) is 4.79 Å². The molecule has 92 valence electrons. The van der Waals surface area contributed by atoms with Crippen LogP contribution in [0.25, 0.3) is 0 Å². The Bertz CT molecular complexity index is 422. The van der Waals surface area contributed by atoms with Crippen LogP contribution in [-0.4, -0.2) is 23.9 Å². The highest BCUT2D eigenvalue weighted by atomic mass is 79.9. The van der Waals surface area contributed by atoms with E-state index in [2.05, 4.69) is 15.9 Å². The lowest BCUT2D eigenvalue weighted by Gasteiger charge is -2.10. The van der Waals surface area contributed by atoms with Crippen molar-refractivity contribution in [2.24, 2.45) is 5.73 Å². The fraction of sp³-hybridized carbons (Fsp3) is 0.417. The molecule has 0 fully saturated rings. The Morgan fingerprint density at radius 2 is 2.06 bits per heavy atom. The van der Waals surface area contributed by atoms with Gasteiger partial charge in [0.15, 0.2) is 11.5 Å². The van der Waals surface area contributed by atoms with Crippen molar-refractivity contribution in [3.63, 3.8) is 0 Å². The second-order valence-electron chi connectivity index (χ2n) is 3.91. The molecule has 0 aromatic heterocycles. The number of fused-ring (bicyclic) bond motifs is 1. The summed E-state index contributed by atoms with van der Waals surface area (Å²) in [6.07, 6.45) is 1.43. The predicted molar refractivity (Wildman–Crippen MR) is 67.7 cm³/mol. The second kappa shape index (κ2) is 5.40. The van der Waals surface area contributed by atoms with Crippen LogP contribution in [0.15, 0.2) is 18.2 Å². The first-order valence-corrected chi connectivity index (χ1v) is 6.40. The van der Waals surface area contributed by atoms with Crippen molar-refractivity contribution in [3.8, 4) is 11.5 Å². The summed E-state index contributed by atoms with van der Waals surface area (Å²) in [5, 5.41) is 0. The summed E-state index contributed by atoms with van der Waals surface area (Å²) >= 11 is 3.24. The Kier molecular flexibility index (Phi) is 3.89. The van der Waals surface area contributed by atoms with Gasteiger partial charge in [-0.15, -0.1) is 0 Å². The molecule has 4 nitrogen and oxygen atoms in total. The molecule has 0 saturated heterocycles. The summed E-state index contributed by atoms with van der Waals surface area (Å²) in [6, 6.07) is 5.69. The highest BCUT2D eigenvalue weighted by Crippen LogP contribution is 2.31. The molecule has 0 spiro atoms. The van der Waals surface area contributed by atoms with Crippen LogP contribution in [0.1, 0.15) is 12.0 Å². The Morgan fingerprint density at radius 1 is 1.35 bits per heavy atom. The average molecular weight is 300 g/mol. The summed E-state index contributed by atoms with van der Waals surface area (Å²) in [5.74, 6) is 1.14. The van der Waals surface area contributed by atoms with Gasteiger partial charge in [0.25, 0.3) is 0 Å². The molecule has 5 heteroatoms. The molecule has 2 N–H and O–H groups in total. The maximum Gasteiger partial charge on any atom is 0.231 e. The van der Waals surface area contributed by atoms with Gasteiger partial charge in [-0.1, -0.05) is 22.0 Å². The molecule has 1 aliphatic rings. The third-order valence-corrected chi connectivity index (χ3v) is 3.31. The van der Waals surface area contributed by atoms with E-state index < -0.39 is 0 Å². The van der Waals surface area contributed by atoms with Crippen LogP contribution in [0.2, 0.25) is 0 Å². The lowest BCUT2D eigenvalue weighted by molar-refractivity contribution is -0.117. The Hall–Kier alpha value is -1.23. The first-order chi connectivity index (χ1) is 8.16. The van der Waals surface area contributed by atoms with Gasteiger partial charge in [0.05, 0.1) is 18.0 Å². The Balaban J connectivity index is 2.15. The Morgan fingerprint density at radius 3 is 2.76 bits per heavy atom. The number of halogens is 1. The maximum atomic E-state index is 11.0. The van der Waals surface area contributed by atoms with Gasteiger partial charge in [-0.25, -0.2) is 0 Å². The molecule has 0 bridgehead atoms. The van der Waals surface area contributed by atoms with Gasteiger partial charge >= 0.3 is 0 Å². The number of carbonyl (C=O) groups excluding carboxylic acids is 1. The molecular formula is C12H14BrNO3. The van der Waals surface area contributed by atoms with Crippen LogP contribution in [0.3, 0.4) is 0 Å². The van der Waals surface area contributed by atoms with E-state index in [1.807, 2.05) is 18.2 Å². The van der Waals surface area contributed by atoms with Crippen LogP contribution >= 0.6 is 15.9 Å². The predicted octanol–water partition coefficient (Wildman–Crippen LogP) is 1.64. The summed E-state index contributed by atoms with van der Waals surface area (Å²) in [7, 11) is 0. The third kappa shape index (κ3) is 3.12. The van der Waals surface area contributed by atoms with Gasteiger partial charge in [0.2, 0.25) is 5.91 Å². The average Bonchev–Trinajstić information content (AvgIpc) is 2.53. The standard InChI is InChI=1S/C12H14BrNO3/c13-9(12(14)15)6-8-2-3-10-11(7-8)17-5-1-4-16-10/h2-3,7,9H,1,4-6H2,(H2,14,15). The summed E-state index contributed by atoms with van der Waals surface area (Å²) in [6.45, 7) is 1.33. The number of amides is 1. The molecule has 1 amide bonds. The maximum absolute atomic E-state index is 11.0. The largest absolute Gasteiger partial charge is 0.490 e. The van der Waals surface area contributed by atoms with Crippen molar-refractivity contribution in [1.82, 2.24) is 0 Å². The lowest BCUT2D eigenvalue weighted by atomic mass is 10.1. The summed E-state index contributed by atoms with van der Waals surface area (Å²) < 4.78 is 11.1. The molecule has 2 rings (SSSR count). The molecule has 1 unspecified atom stereocenters. The number of hydrogen-bond acceptors (Lipinski definition) is 3. The van der Waals surface area contributed by atoms with E-state index in [1.54, 1.807) is 0 Å². The molecular weight excluding hydrogens is 286 g/mol. The van der Waals surface area contributed by atoms with Crippen LogP contribution < -0.4 is 15.2 Å². The molecule has 1 aliphatic heterocycles. The van der Waals surface area contributed by atoms with Crippen molar-refractivity contribution in [2.45, 2.75) is 17.7 Å². The first-order valence-electron chi connectivity index (χ1n) is 5.49. The van der Waals surface area contributed by atoms with Gasteiger partial charge in [0, 0.05) is 6.42 Å². The van der Waals surface area contributed by atoms with Crippen LogP contribution in [0.5, 0.6) is 11.5 Å². The number of carbonyl (C=O) groups is 1. The van der Waals surface area contributed by atoms with E-state index >= 15 is 0 Å². The SMILES string of the molecule is NC(=O)C(Br)Cc1ccc2c(c1)OCCCO2. The van der Waals surface area contributed by atoms with Gasteiger partial charge in [-0.05, 0) is 24.1 Å². The zero-order valence-corrected chi connectivity index (χ0v) is 10.9. The number of ether oxygens (including phenoxy) is 2. The van der Waals surface area contributed by atoms with Crippen molar-refractivity contribution in [1.29, 1.82) is 0 Å². The fourth-order valence-electron chi connectivity index (χ4n) is 1.64. The molecule has 1 atom stereocenters. The van der Waals surface area contributed by atoms with E-state index in [-0.39, 0.29) is 10.7 Å². The number of hydrogen-bond donors (Lipinski definition) is 1. The fourth-order valence-corrected chi connectivity index (χ4v) is 2.02. The van der Waals surface area contributed by atoms with Crippen LogP contribution in [0.4, 0.5) is 0 Å². The molecule has 1 heterocycles. The van der Waals surface area contributed by atoms with Crippen molar-refractivity contribution in [3.05, 3.63) is 23.8 Å². The van der Waals surface area contributed by atoms with Crippen molar-refractivity contribution < 1.29 is 14.3 Å². The zero-order valence-electron chi connectivity index (χ0n) is 9.32. The molecule has 1 aromatic carbocycles. The number of benzene rings is 1. The van der Waals surface area contributed by atoms with E-state index in [9.17, 15) is 4.79 Å². The summed E-state index contributed by atoms with van der Waals surface area (Å²) in [5.41, 5.74) is 6.20. The molecule has 0 radical (unpaired) electrons. The van der Waals surface area contributed by atoms with E-state index in [1.165, 1.54) is 0 Å². The zero-order chi connectivity index (χ0) is 12.3. The number of alkyl halides is 1. The van der Waals surface area contributed by atoms with Gasteiger partial charge in [0.1, 0.15) is 0 Å². The van der Waals surface area contributed by atoms with E-state index in [0.29, 0.717) is 19.6 Å². The first kappa shape index (κ1) is 12.2. The monoisotopic (exact) mass is 299 g/mol. The molecule has 1 aromatic rings. The quantitative estimate of drug-likeness (QED) is 0.863. The third-order valence-electron chi connectivity index (χ3n) is 2.54. The number of nitrogens with two attached hydrogens (primary N) is 1. The molecule has 0 saturated carbocycles. The normalized spacial score (nSPS) is 16.1. The van der Waals surface area contributed by atoms with Crippen molar-refractivity contribution in [2.75, 3.05) is 13.2 Å². The molecule has 0 aliphatic carbocycles. The summed E-state index contributed by atoms with van der Waals surface area (Å²) in [4.78, 5) is 10.6. The highest BCUT2D eigenvalue weighted by molar-refractivity contribution is 9.10.